The van der Waals surface area contributed by atoms with Gasteiger partial charge in [0.15, 0.2) is 11.4 Å². The predicted molar refractivity (Wildman–Crippen MR) is 106 cm³/mol. The van der Waals surface area contributed by atoms with Crippen LogP contribution in [0.5, 0.6) is 0 Å². The minimum absolute atomic E-state index is 0.246. The Kier molecular flexibility index (Phi) is 5.17. The summed E-state index contributed by atoms with van der Waals surface area (Å²) < 4.78 is 6.20. The molecule has 27 heavy (non-hydrogen) atoms. The van der Waals surface area contributed by atoms with E-state index in [9.17, 15) is 14.7 Å². The Balaban J connectivity index is 1.62. The van der Waals surface area contributed by atoms with Crippen LogP contribution in [-0.4, -0.2) is 54.7 Å². The fourth-order valence-corrected chi connectivity index (χ4v) is 4.87. The van der Waals surface area contributed by atoms with Gasteiger partial charge in [0.1, 0.15) is 0 Å². The molecule has 1 aromatic carbocycles. The molecule has 1 aromatic heterocycles. The number of amides is 1. The minimum Gasteiger partial charge on any atom is -0.379 e. The molecule has 1 N–H and O–H groups in total. The zero-order chi connectivity index (χ0) is 19.0. The standard InChI is InChI=1S/C19H19BrN2O4S/c20-17-6-5-16(27-17)15(23)11-19(25)13-3-1-2-4-14(13)22(18(19)24)12-21-7-9-26-10-8-21/h1-6,25H,7-12H2. The Bertz CT molecular complexity index is 880. The van der Waals surface area contributed by atoms with E-state index in [2.05, 4.69) is 20.8 Å². The van der Waals surface area contributed by atoms with Crippen LogP contribution >= 0.6 is 27.3 Å². The number of ether oxygens (including phenoxy) is 1. The monoisotopic (exact) mass is 450 g/mol. The maximum atomic E-state index is 13.2. The van der Waals surface area contributed by atoms with Crippen molar-refractivity contribution < 1.29 is 19.4 Å². The molecule has 1 atom stereocenters. The van der Waals surface area contributed by atoms with Crippen molar-refractivity contribution in [2.75, 3.05) is 37.9 Å². The molecule has 2 aliphatic rings. The number of hydrogen-bond acceptors (Lipinski definition) is 6. The third-order valence-electron chi connectivity index (χ3n) is 4.95. The lowest BCUT2D eigenvalue weighted by Gasteiger charge is -2.31. The van der Waals surface area contributed by atoms with E-state index in [4.69, 9.17) is 4.74 Å². The van der Waals surface area contributed by atoms with Crippen molar-refractivity contribution in [1.29, 1.82) is 0 Å². The predicted octanol–water partition coefficient (Wildman–Crippen LogP) is 2.61. The van der Waals surface area contributed by atoms with Crippen molar-refractivity contribution in [2.24, 2.45) is 0 Å². The van der Waals surface area contributed by atoms with E-state index in [0.717, 1.165) is 16.9 Å². The summed E-state index contributed by atoms with van der Waals surface area (Å²) in [5, 5.41) is 11.3. The van der Waals surface area contributed by atoms with Gasteiger partial charge in [0, 0.05) is 18.7 Å². The number of hydrogen-bond donors (Lipinski definition) is 1. The Morgan fingerprint density at radius 3 is 2.67 bits per heavy atom. The fraction of sp³-hybridized carbons (Fsp3) is 0.368. The zero-order valence-electron chi connectivity index (χ0n) is 14.6. The lowest BCUT2D eigenvalue weighted by atomic mass is 9.89. The number of fused-ring (bicyclic) bond motifs is 1. The highest BCUT2D eigenvalue weighted by Gasteiger charge is 2.51. The second kappa shape index (κ2) is 7.44. The van der Waals surface area contributed by atoms with Crippen molar-refractivity contribution >= 4 is 44.6 Å². The van der Waals surface area contributed by atoms with E-state index in [1.165, 1.54) is 11.3 Å². The first-order valence-electron chi connectivity index (χ1n) is 8.71. The molecule has 4 rings (SSSR count). The summed E-state index contributed by atoms with van der Waals surface area (Å²) >= 11 is 4.64. The highest BCUT2D eigenvalue weighted by atomic mass is 79.9. The molecule has 142 valence electrons. The summed E-state index contributed by atoms with van der Waals surface area (Å²) in [6.45, 7) is 3.08. The maximum Gasteiger partial charge on any atom is 0.265 e. The molecular formula is C19H19BrN2O4S. The molecule has 8 heteroatoms. The van der Waals surface area contributed by atoms with Gasteiger partial charge in [-0.05, 0) is 34.1 Å². The van der Waals surface area contributed by atoms with Gasteiger partial charge in [-0.3, -0.25) is 19.4 Å². The Morgan fingerprint density at radius 2 is 1.96 bits per heavy atom. The fourth-order valence-electron chi connectivity index (χ4n) is 3.54. The lowest BCUT2D eigenvalue weighted by molar-refractivity contribution is -0.136. The average Bonchev–Trinajstić information content (AvgIpc) is 3.20. The number of carbonyl (C=O) groups is 2. The molecular weight excluding hydrogens is 432 g/mol. The molecule has 0 radical (unpaired) electrons. The van der Waals surface area contributed by atoms with E-state index in [-0.39, 0.29) is 12.2 Å². The number of morpholine rings is 1. The van der Waals surface area contributed by atoms with Crippen LogP contribution in [0.15, 0.2) is 40.2 Å². The normalized spacial score (nSPS) is 22.9. The first-order chi connectivity index (χ1) is 13.0. The SMILES string of the molecule is O=C(CC1(O)C(=O)N(CN2CCOCC2)c2ccccc21)c1ccc(Br)s1. The number of rotatable bonds is 5. The number of thiophene rings is 1. The molecule has 2 aliphatic heterocycles. The largest absolute Gasteiger partial charge is 0.379 e. The number of para-hydroxylation sites is 1. The number of nitrogens with zero attached hydrogens (tertiary/aromatic N) is 2. The van der Waals surface area contributed by atoms with E-state index in [1.807, 2.05) is 12.1 Å². The number of ketones is 1. The van der Waals surface area contributed by atoms with Gasteiger partial charge in [0.25, 0.3) is 5.91 Å². The Morgan fingerprint density at radius 1 is 1.22 bits per heavy atom. The highest BCUT2D eigenvalue weighted by molar-refractivity contribution is 9.11. The van der Waals surface area contributed by atoms with Crippen LogP contribution in [0.1, 0.15) is 21.7 Å². The third kappa shape index (κ3) is 3.48. The van der Waals surface area contributed by atoms with Crippen molar-refractivity contribution in [3.8, 4) is 0 Å². The highest BCUT2D eigenvalue weighted by Crippen LogP contribution is 2.43. The Hall–Kier alpha value is -1.58. The van der Waals surface area contributed by atoms with Gasteiger partial charge in [-0.15, -0.1) is 11.3 Å². The van der Waals surface area contributed by atoms with E-state index in [0.29, 0.717) is 36.0 Å². The average molecular weight is 451 g/mol. The quantitative estimate of drug-likeness (QED) is 0.708. The van der Waals surface area contributed by atoms with Gasteiger partial charge in [0.05, 0.1) is 40.7 Å². The molecule has 1 saturated heterocycles. The van der Waals surface area contributed by atoms with Gasteiger partial charge in [-0.2, -0.15) is 0 Å². The topological polar surface area (TPSA) is 70.1 Å². The van der Waals surface area contributed by atoms with Crippen LogP contribution in [0.25, 0.3) is 0 Å². The smallest absolute Gasteiger partial charge is 0.265 e. The summed E-state index contributed by atoms with van der Waals surface area (Å²) in [4.78, 5) is 30.1. The summed E-state index contributed by atoms with van der Waals surface area (Å²) in [7, 11) is 0. The van der Waals surface area contributed by atoms with Crippen molar-refractivity contribution in [3.05, 3.63) is 50.6 Å². The van der Waals surface area contributed by atoms with Crippen molar-refractivity contribution in [3.63, 3.8) is 0 Å². The molecule has 0 aliphatic carbocycles. The molecule has 0 spiro atoms. The van der Waals surface area contributed by atoms with Crippen LogP contribution in [0, 0.1) is 0 Å². The maximum absolute atomic E-state index is 13.2. The van der Waals surface area contributed by atoms with Crippen molar-refractivity contribution in [1.82, 2.24) is 4.90 Å². The summed E-state index contributed by atoms with van der Waals surface area (Å²) in [5.74, 6) is -0.691. The number of aliphatic hydroxyl groups is 1. The van der Waals surface area contributed by atoms with Crippen LogP contribution < -0.4 is 4.90 Å². The second-order valence-electron chi connectivity index (χ2n) is 6.69. The summed E-state index contributed by atoms with van der Waals surface area (Å²) in [6.07, 6.45) is -0.268. The third-order valence-corrected chi connectivity index (χ3v) is 6.61. The van der Waals surface area contributed by atoms with Crippen LogP contribution in [0.3, 0.4) is 0 Å². The number of carbonyl (C=O) groups excluding carboxylic acids is 2. The van der Waals surface area contributed by atoms with Crippen LogP contribution in [0.2, 0.25) is 0 Å². The van der Waals surface area contributed by atoms with Crippen molar-refractivity contribution in [2.45, 2.75) is 12.0 Å². The molecule has 0 bridgehead atoms. The van der Waals surface area contributed by atoms with Gasteiger partial charge < -0.3 is 9.84 Å². The number of halogens is 1. The first kappa shape index (κ1) is 18.8. The molecule has 6 nitrogen and oxygen atoms in total. The van der Waals surface area contributed by atoms with Gasteiger partial charge >= 0.3 is 0 Å². The van der Waals surface area contributed by atoms with Gasteiger partial charge in [0.2, 0.25) is 0 Å². The molecule has 1 unspecified atom stereocenters. The first-order valence-corrected chi connectivity index (χ1v) is 10.3. The molecule has 2 aromatic rings. The van der Waals surface area contributed by atoms with Gasteiger partial charge in [-0.25, -0.2) is 0 Å². The zero-order valence-corrected chi connectivity index (χ0v) is 17.0. The molecule has 3 heterocycles. The second-order valence-corrected chi connectivity index (χ2v) is 9.15. The minimum atomic E-state index is -1.84. The lowest BCUT2D eigenvalue weighted by Crippen LogP contribution is -2.49. The molecule has 1 amide bonds. The number of benzene rings is 1. The summed E-state index contributed by atoms with van der Waals surface area (Å²) in [6, 6.07) is 10.7. The van der Waals surface area contributed by atoms with E-state index < -0.39 is 11.5 Å². The number of Topliss-reactive ketones (excluding diaryl/α,β-unsaturated/α-hetero) is 1. The van der Waals surface area contributed by atoms with E-state index in [1.54, 1.807) is 29.2 Å². The van der Waals surface area contributed by atoms with Crippen LogP contribution in [0.4, 0.5) is 5.69 Å². The van der Waals surface area contributed by atoms with E-state index >= 15 is 0 Å². The molecule has 1 fully saturated rings. The Labute approximate surface area is 169 Å². The van der Waals surface area contributed by atoms with Gasteiger partial charge in [-0.1, -0.05) is 18.2 Å². The van der Waals surface area contributed by atoms with Crippen LogP contribution in [-0.2, 0) is 15.1 Å². The number of anilines is 1. The summed E-state index contributed by atoms with van der Waals surface area (Å²) in [5.41, 5.74) is -0.681. The molecule has 0 saturated carbocycles.